The van der Waals surface area contributed by atoms with Crippen LogP contribution in [0.2, 0.25) is 0 Å². The Labute approximate surface area is 171 Å². The first-order valence-electron chi connectivity index (χ1n) is 9.47. The quantitative estimate of drug-likeness (QED) is 0.307. The van der Waals surface area contributed by atoms with Crippen LogP contribution in [0.25, 0.3) is 16.5 Å². The second-order valence-electron chi connectivity index (χ2n) is 7.05. The summed E-state index contributed by atoms with van der Waals surface area (Å²) in [6.45, 7) is 0.0786. The lowest BCUT2D eigenvalue weighted by molar-refractivity contribution is -0.140. The average molecular weight is 399 g/mol. The first kappa shape index (κ1) is 18.0. The van der Waals surface area contributed by atoms with E-state index in [-0.39, 0.29) is 17.9 Å². The van der Waals surface area contributed by atoms with Crippen molar-refractivity contribution in [1.82, 2.24) is 4.90 Å². The standard InChI is InChI=1S/C24H17NO5/c26-22(18-10-3-7-15-6-1-2-9-17(15)18)20-21(19-11-5-13-30-19)25(24(28)23(20)27)14-16-8-4-12-29-16/h1-13,21,26H,14H2/b22-20-. The number of hydrogen-bond donors (Lipinski definition) is 1. The van der Waals surface area contributed by atoms with Gasteiger partial charge in [-0.1, -0.05) is 42.5 Å². The lowest BCUT2D eigenvalue weighted by atomic mass is 9.96. The Morgan fingerprint density at radius 3 is 2.43 bits per heavy atom. The minimum absolute atomic E-state index is 0.00198. The molecule has 148 valence electrons. The molecule has 3 heterocycles. The van der Waals surface area contributed by atoms with Crippen molar-refractivity contribution in [3.63, 3.8) is 0 Å². The summed E-state index contributed by atoms with van der Waals surface area (Å²) in [6, 6.07) is 19.0. The lowest BCUT2D eigenvalue weighted by Gasteiger charge is -2.22. The van der Waals surface area contributed by atoms with Crippen LogP contribution in [0.5, 0.6) is 0 Å². The summed E-state index contributed by atoms with van der Waals surface area (Å²) in [7, 11) is 0. The van der Waals surface area contributed by atoms with E-state index in [1.165, 1.54) is 17.4 Å². The second kappa shape index (κ2) is 7.08. The summed E-state index contributed by atoms with van der Waals surface area (Å²) >= 11 is 0. The molecule has 0 radical (unpaired) electrons. The number of aliphatic hydroxyl groups excluding tert-OH is 1. The molecule has 1 saturated heterocycles. The summed E-state index contributed by atoms with van der Waals surface area (Å²) in [6.07, 6.45) is 2.98. The Balaban J connectivity index is 1.70. The molecule has 1 fully saturated rings. The molecule has 1 N–H and O–H groups in total. The van der Waals surface area contributed by atoms with Gasteiger partial charge in [0.2, 0.25) is 0 Å². The van der Waals surface area contributed by atoms with Crippen molar-refractivity contribution in [2.24, 2.45) is 0 Å². The minimum Gasteiger partial charge on any atom is -0.507 e. The number of carbonyl (C=O) groups is 2. The number of likely N-dealkylation sites (tertiary alicyclic amines) is 1. The molecular formula is C24H17NO5. The molecule has 0 aliphatic carbocycles. The highest BCUT2D eigenvalue weighted by Crippen LogP contribution is 2.41. The van der Waals surface area contributed by atoms with Gasteiger partial charge < -0.3 is 18.8 Å². The number of ketones is 1. The van der Waals surface area contributed by atoms with Crippen molar-refractivity contribution in [3.05, 3.63) is 102 Å². The number of furan rings is 2. The first-order valence-corrected chi connectivity index (χ1v) is 9.47. The van der Waals surface area contributed by atoms with E-state index in [1.54, 1.807) is 36.4 Å². The molecule has 1 unspecified atom stereocenters. The first-order chi connectivity index (χ1) is 14.6. The van der Waals surface area contributed by atoms with Crippen LogP contribution in [0.3, 0.4) is 0 Å². The summed E-state index contributed by atoms with van der Waals surface area (Å²) in [5.41, 5.74) is 0.485. The zero-order valence-corrected chi connectivity index (χ0v) is 15.8. The molecular weight excluding hydrogens is 382 g/mol. The van der Waals surface area contributed by atoms with Crippen LogP contribution in [-0.4, -0.2) is 21.7 Å². The van der Waals surface area contributed by atoms with Gasteiger partial charge in [0.15, 0.2) is 0 Å². The van der Waals surface area contributed by atoms with Crippen LogP contribution in [0, 0.1) is 0 Å². The number of aliphatic hydroxyl groups is 1. The molecule has 1 atom stereocenters. The Kier molecular flexibility index (Phi) is 4.25. The number of fused-ring (bicyclic) bond motifs is 1. The topological polar surface area (TPSA) is 83.9 Å². The van der Waals surface area contributed by atoms with Gasteiger partial charge in [-0.15, -0.1) is 0 Å². The van der Waals surface area contributed by atoms with Gasteiger partial charge in [0.25, 0.3) is 11.7 Å². The highest BCUT2D eigenvalue weighted by molar-refractivity contribution is 6.46. The van der Waals surface area contributed by atoms with Crippen LogP contribution in [0.1, 0.15) is 23.1 Å². The van der Waals surface area contributed by atoms with E-state index in [9.17, 15) is 14.7 Å². The number of Topliss-reactive ketones (excluding diaryl/α,β-unsaturated/α-hetero) is 1. The van der Waals surface area contributed by atoms with Crippen molar-refractivity contribution >= 4 is 28.2 Å². The molecule has 2 aromatic carbocycles. The van der Waals surface area contributed by atoms with Crippen molar-refractivity contribution in [3.8, 4) is 0 Å². The summed E-state index contributed by atoms with van der Waals surface area (Å²) < 4.78 is 10.9. The third-order valence-electron chi connectivity index (χ3n) is 5.30. The van der Waals surface area contributed by atoms with E-state index in [4.69, 9.17) is 8.83 Å². The molecule has 6 nitrogen and oxygen atoms in total. The fourth-order valence-electron chi connectivity index (χ4n) is 3.93. The number of nitrogens with zero attached hydrogens (tertiary/aromatic N) is 1. The maximum absolute atomic E-state index is 13.0. The monoisotopic (exact) mass is 399 g/mol. The Bertz CT molecular complexity index is 1260. The maximum atomic E-state index is 13.0. The zero-order valence-electron chi connectivity index (χ0n) is 15.8. The van der Waals surface area contributed by atoms with Gasteiger partial charge >= 0.3 is 0 Å². The highest BCUT2D eigenvalue weighted by Gasteiger charge is 2.47. The molecule has 4 aromatic rings. The van der Waals surface area contributed by atoms with E-state index < -0.39 is 17.7 Å². The fourth-order valence-corrected chi connectivity index (χ4v) is 3.93. The van der Waals surface area contributed by atoms with Gasteiger partial charge in [0.1, 0.15) is 23.3 Å². The largest absolute Gasteiger partial charge is 0.507 e. The van der Waals surface area contributed by atoms with E-state index >= 15 is 0 Å². The molecule has 2 aromatic heterocycles. The number of amides is 1. The molecule has 1 amide bonds. The van der Waals surface area contributed by atoms with E-state index in [2.05, 4.69) is 0 Å². The number of benzene rings is 2. The van der Waals surface area contributed by atoms with Crippen LogP contribution < -0.4 is 0 Å². The number of hydrogen-bond acceptors (Lipinski definition) is 5. The smallest absolute Gasteiger partial charge is 0.296 e. The van der Waals surface area contributed by atoms with E-state index in [0.29, 0.717) is 17.1 Å². The molecule has 0 spiro atoms. The van der Waals surface area contributed by atoms with Gasteiger partial charge in [0.05, 0.1) is 24.6 Å². The van der Waals surface area contributed by atoms with Crippen LogP contribution in [0.15, 0.2) is 93.7 Å². The number of carbonyl (C=O) groups excluding carboxylic acids is 2. The second-order valence-corrected chi connectivity index (χ2v) is 7.05. The summed E-state index contributed by atoms with van der Waals surface area (Å²) in [4.78, 5) is 27.3. The Morgan fingerprint density at radius 2 is 1.67 bits per heavy atom. The van der Waals surface area contributed by atoms with Crippen molar-refractivity contribution in [1.29, 1.82) is 0 Å². The SMILES string of the molecule is O=C1C(=O)N(Cc2ccco2)C(c2ccco2)/C1=C(/O)c1cccc2ccccc12. The molecule has 1 aliphatic rings. The molecule has 0 bridgehead atoms. The van der Waals surface area contributed by atoms with Crippen LogP contribution in [-0.2, 0) is 16.1 Å². The van der Waals surface area contributed by atoms with Gasteiger partial charge in [-0.05, 0) is 35.0 Å². The predicted molar refractivity (Wildman–Crippen MR) is 109 cm³/mol. The van der Waals surface area contributed by atoms with E-state index in [0.717, 1.165) is 10.8 Å². The molecule has 5 rings (SSSR count). The van der Waals surface area contributed by atoms with Gasteiger partial charge in [-0.25, -0.2) is 0 Å². The van der Waals surface area contributed by atoms with Crippen molar-refractivity contribution in [2.75, 3.05) is 0 Å². The van der Waals surface area contributed by atoms with Gasteiger partial charge in [-0.2, -0.15) is 0 Å². The van der Waals surface area contributed by atoms with Gasteiger partial charge in [-0.3, -0.25) is 9.59 Å². The average Bonchev–Trinajstić information content (AvgIpc) is 3.52. The van der Waals surface area contributed by atoms with Crippen molar-refractivity contribution in [2.45, 2.75) is 12.6 Å². The Morgan fingerprint density at radius 1 is 0.900 bits per heavy atom. The number of rotatable bonds is 4. The highest BCUT2D eigenvalue weighted by atomic mass is 16.3. The van der Waals surface area contributed by atoms with Crippen molar-refractivity contribution < 1.29 is 23.5 Å². The molecule has 1 aliphatic heterocycles. The summed E-state index contributed by atoms with van der Waals surface area (Å²) in [5.74, 6) is -0.780. The van der Waals surface area contributed by atoms with E-state index in [1.807, 2.05) is 30.3 Å². The fraction of sp³-hybridized carbons (Fsp3) is 0.0833. The summed E-state index contributed by atoms with van der Waals surface area (Å²) in [5, 5.41) is 12.9. The lowest BCUT2D eigenvalue weighted by Crippen LogP contribution is -2.28. The third kappa shape index (κ3) is 2.81. The zero-order chi connectivity index (χ0) is 20.7. The predicted octanol–water partition coefficient (Wildman–Crippen LogP) is 4.65. The molecule has 0 saturated carbocycles. The van der Waals surface area contributed by atoms with Crippen LogP contribution >= 0.6 is 0 Å². The Hall–Kier alpha value is -4.06. The normalized spacial score (nSPS) is 18.4. The van der Waals surface area contributed by atoms with Gasteiger partial charge in [0, 0.05) is 5.56 Å². The maximum Gasteiger partial charge on any atom is 0.296 e. The van der Waals surface area contributed by atoms with Crippen LogP contribution in [0.4, 0.5) is 0 Å². The molecule has 30 heavy (non-hydrogen) atoms. The third-order valence-corrected chi connectivity index (χ3v) is 5.30. The minimum atomic E-state index is -0.857. The molecule has 6 heteroatoms.